The number of hydrogen-bond donors (Lipinski definition) is 1. The molecule has 1 spiro atoms. The first-order chi connectivity index (χ1) is 23.6. The highest BCUT2D eigenvalue weighted by atomic mass is 28.3. The Morgan fingerprint density at radius 1 is 0.898 bits per heavy atom. The molecule has 4 aromatic rings. The molecule has 256 valence electrons. The fourth-order valence-electron chi connectivity index (χ4n) is 8.06. The lowest BCUT2D eigenvalue weighted by Gasteiger charge is -2.37. The topological polar surface area (TPSA) is 88.5 Å². The number of carbonyl (C=O) groups excluding carboxylic acids is 2. The van der Waals surface area contributed by atoms with Gasteiger partial charge in [0, 0.05) is 24.6 Å². The van der Waals surface area contributed by atoms with Crippen LogP contribution < -0.4 is 19.6 Å². The molecule has 0 bridgehead atoms. The number of methoxy groups -OCH3 is 2. The normalized spacial score (nSPS) is 21.6. The lowest BCUT2D eigenvalue weighted by atomic mass is 9.82. The Morgan fingerprint density at radius 2 is 1.51 bits per heavy atom. The molecule has 0 radical (unpaired) electrons. The number of amides is 2. The van der Waals surface area contributed by atoms with Crippen molar-refractivity contribution in [2.24, 2.45) is 5.92 Å². The Balaban J connectivity index is 1.44. The Kier molecular flexibility index (Phi) is 9.97. The van der Waals surface area contributed by atoms with E-state index in [0.29, 0.717) is 18.8 Å². The number of carbonyl (C=O) groups is 2. The third-order valence-electron chi connectivity index (χ3n) is 10.5. The van der Waals surface area contributed by atoms with E-state index in [2.05, 4.69) is 32.2 Å². The maximum absolute atomic E-state index is 15.0. The molecular formula is C40H46N2O6Si. The largest absolute Gasteiger partial charge is 0.497 e. The molecule has 4 aromatic carbocycles. The predicted molar refractivity (Wildman–Crippen MR) is 194 cm³/mol. The molecule has 6 rings (SSSR count). The van der Waals surface area contributed by atoms with Crippen molar-refractivity contribution in [1.82, 2.24) is 4.90 Å². The highest BCUT2D eigenvalue weighted by Crippen LogP contribution is 2.60. The van der Waals surface area contributed by atoms with E-state index in [1.165, 1.54) is 5.19 Å². The minimum absolute atomic E-state index is 0.0848. The van der Waals surface area contributed by atoms with Crippen LogP contribution in [0, 0.1) is 5.92 Å². The number of ether oxygens (including phenoxy) is 3. The van der Waals surface area contributed by atoms with Crippen LogP contribution in [0.1, 0.15) is 30.0 Å². The van der Waals surface area contributed by atoms with Crippen molar-refractivity contribution in [1.29, 1.82) is 0 Å². The van der Waals surface area contributed by atoms with Gasteiger partial charge in [-0.2, -0.15) is 0 Å². The number of fused-ring (bicyclic) bond motifs is 2. The number of rotatable bonds is 12. The molecule has 49 heavy (non-hydrogen) atoms. The number of aliphatic hydroxyl groups excluding tert-OH is 1. The molecule has 0 aliphatic carbocycles. The minimum atomic E-state index is -2.47. The monoisotopic (exact) mass is 678 g/mol. The number of anilines is 1. The molecule has 0 aromatic heterocycles. The lowest BCUT2D eigenvalue weighted by Crippen LogP contribution is -2.52. The van der Waals surface area contributed by atoms with Crippen molar-refractivity contribution in [2.75, 3.05) is 32.3 Å². The second-order valence-corrected chi connectivity index (χ2v) is 18.3. The van der Waals surface area contributed by atoms with E-state index in [4.69, 9.17) is 14.2 Å². The molecule has 1 N–H and O–H groups in total. The summed E-state index contributed by atoms with van der Waals surface area (Å²) in [6, 6.07) is 33.7. The zero-order valence-electron chi connectivity index (χ0n) is 29.0. The first kappa shape index (κ1) is 34.4. The van der Waals surface area contributed by atoms with Gasteiger partial charge in [-0.3, -0.25) is 9.59 Å². The van der Waals surface area contributed by atoms with E-state index in [1.54, 1.807) is 19.1 Å². The molecule has 0 unspecified atom stereocenters. The first-order valence-electron chi connectivity index (χ1n) is 16.9. The summed E-state index contributed by atoms with van der Waals surface area (Å²) < 4.78 is 18.4. The van der Waals surface area contributed by atoms with Crippen molar-refractivity contribution >= 4 is 30.8 Å². The number of aliphatic hydroxyl groups is 1. The van der Waals surface area contributed by atoms with Crippen LogP contribution in [0.25, 0.3) is 0 Å². The van der Waals surface area contributed by atoms with Gasteiger partial charge in [0.05, 0.1) is 53.7 Å². The Bertz CT molecular complexity index is 1770. The summed E-state index contributed by atoms with van der Waals surface area (Å²) in [7, 11) is 0.811. The lowest BCUT2D eigenvalue weighted by molar-refractivity contribution is -0.150. The fraction of sp³-hybridized carbons (Fsp3) is 0.350. The van der Waals surface area contributed by atoms with E-state index >= 15 is 4.79 Å². The van der Waals surface area contributed by atoms with Crippen molar-refractivity contribution in [3.05, 3.63) is 120 Å². The summed E-state index contributed by atoms with van der Waals surface area (Å²) in [5.41, 5.74) is 2.13. The van der Waals surface area contributed by atoms with E-state index in [9.17, 15) is 9.90 Å². The summed E-state index contributed by atoms with van der Waals surface area (Å²) in [4.78, 5) is 32.8. The molecule has 2 aliphatic rings. The molecule has 2 aliphatic heterocycles. The third kappa shape index (κ3) is 6.38. The second-order valence-electron chi connectivity index (χ2n) is 13.6. The van der Waals surface area contributed by atoms with E-state index in [0.717, 1.165) is 28.1 Å². The van der Waals surface area contributed by atoms with Gasteiger partial charge in [-0.05, 0) is 47.0 Å². The number of nitrogens with zero attached hydrogens (tertiary/aromatic N) is 2. The Labute approximate surface area is 290 Å². The number of benzene rings is 4. The van der Waals surface area contributed by atoms with Crippen molar-refractivity contribution in [2.45, 2.75) is 56.8 Å². The summed E-state index contributed by atoms with van der Waals surface area (Å²) in [6.45, 7) is 7.55. The molecule has 0 saturated carbocycles. The van der Waals surface area contributed by atoms with Gasteiger partial charge in [0.25, 0.3) is 5.91 Å². The molecule has 1 fully saturated rings. The van der Waals surface area contributed by atoms with Crippen molar-refractivity contribution in [3.8, 4) is 11.5 Å². The van der Waals surface area contributed by atoms with E-state index in [1.807, 2.05) is 95.9 Å². The third-order valence-corrected chi connectivity index (χ3v) is 14.9. The fourth-order valence-corrected chi connectivity index (χ4v) is 12.1. The van der Waals surface area contributed by atoms with Gasteiger partial charge in [0.15, 0.2) is 5.60 Å². The zero-order valence-corrected chi connectivity index (χ0v) is 30.0. The van der Waals surface area contributed by atoms with Gasteiger partial charge in [0.1, 0.15) is 11.5 Å². The van der Waals surface area contributed by atoms with Crippen molar-refractivity contribution in [3.63, 3.8) is 0 Å². The summed E-state index contributed by atoms with van der Waals surface area (Å²) in [5.74, 6) is 0.908. The van der Waals surface area contributed by atoms with Gasteiger partial charge in [-0.1, -0.05) is 98.0 Å². The summed E-state index contributed by atoms with van der Waals surface area (Å²) in [6.07, 6.45) is -0.468. The van der Waals surface area contributed by atoms with Crippen LogP contribution in [0.15, 0.2) is 103 Å². The smallest absolute Gasteiger partial charge is 0.264 e. The molecule has 1 saturated heterocycles. The van der Waals surface area contributed by atoms with Crippen LogP contribution in [-0.2, 0) is 33.0 Å². The average Bonchev–Trinajstić information content (AvgIpc) is 3.54. The molecule has 9 heteroatoms. The van der Waals surface area contributed by atoms with E-state index < -0.39 is 19.8 Å². The highest BCUT2D eigenvalue weighted by molar-refractivity contribution is 6.91. The molecule has 4 atom stereocenters. The van der Waals surface area contributed by atoms with Gasteiger partial charge in [-0.15, -0.1) is 0 Å². The van der Waals surface area contributed by atoms with Crippen LogP contribution in [0.2, 0.25) is 18.6 Å². The maximum Gasteiger partial charge on any atom is 0.264 e. The summed E-state index contributed by atoms with van der Waals surface area (Å²) in [5, 5.41) is 11.2. The van der Waals surface area contributed by atoms with Gasteiger partial charge < -0.3 is 29.1 Å². The van der Waals surface area contributed by atoms with Crippen LogP contribution in [0.3, 0.4) is 0 Å². The van der Waals surface area contributed by atoms with Crippen LogP contribution in [0.4, 0.5) is 5.69 Å². The molecule has 2 amide bonds. The standard InChI is InChI=1S/C40H46N2O6Si/c1-28-38(49(4,5)33-19-16-31(46-2)17-20-33)36(25-37(44)41(22-23-43)26-29-12-8-6-9-13-29)48-40(28)34-24-32(47-3)18-21-35(34)42(39(40)45)27-30-14-10-7-11-15-30/h6-21,24,28,36,38,43H,22-23,25-27H2,1-5H3/t28-,36+,38-,40+/m0/s1. The quantitative estimate of drug-likeness (QED) is 0.189. The SMILES string of the molecule is COc1ccc([Si](C)(C)[C@@H]2[C@@H](CC(=O)N(CCO)Cc3ccccc3)O[C@]3(C(=O)N(Cc4ccccc4)c4ccc(OC)cc43)[C@H]2C)cc1. The van der Waals surface area contributed by atoms with Gasteiger partial charge >= 0.3 is 0 Å². The zero-order chi connectivity index (χ0) is 34.8. The molecular weight excluding hydrogens is 633 g/mol. The Hall–Kier alpha value is -4.44. The van der Waals surface area contributed by atoms with E-state index in [-0.39, 0.29) is 42.8 Å². The average molecular weight is 679 g/mol. The molecule has 8 nitrogen and oxygen atoms in total. The minimum Gasteiger partial charge on any atom is -0.497 e. The second kappa shape index (κ2) is 14.2. The number of hydrogen-bond acceptors (Lipinski definition) is 6. The summed E-state index contributed by atoms with van der Waals surface area (Å²) >= 11 is 0. The first-order valence-corrected chi connectivity index (χ1v) is 20.0. The van der Waals surface area contributed by atoms with Crippen LogP contribution in [0.5, 0.6) is 11.5 Å². The maximum atomic E-state index is 15.0. The Morgan fingerprint density at radius 3 is 2.12 bits per heavy atom. The van der Waals surface area contributed by atoms with Crippen LogP contribution >= 0.6 is 0 Å². The van der Waals surface area contributed by atoms with Crippen molar-refractivity contribution < 1.29 is 28.9 Å². The van der Waals surface area contributed by atoms with Gasteiger partial charge in [0.2, 0.25) is 5.91 Å². The van der Waals surface area contributed by atoms with Crippen LogP contribution in [-0.4, -0.2) is 63.4 Å². The molecule has 2 heterocycles. The van der Waals surface area contributed by atoms with Gasteiger partial charge in [-0.25, -0.2) is 0 Å². The predicted octanol–water partition coefficient (Wildman–Crippen LogP) is 5.88. The highest BCUT2D eigenvalue weighted by Gasteiger charge is 2.66.